The molecule has 1 aromatic carbocycles. The molecule has 1 aliphatic heterocycles. The highest BCUT2D eigenvalue weighted by molar-refractivity contribution is 7.80. The molecule has 1 amide bonds. The first kappa shape index (κ1) is 21.1. The maximum atomic E-state index is 11.8. The van der Waals surface area contributed by atoms with Gasteiger partial charge in [-0.05, 0) is 80.5 Å². The first-order chi connectivity index (χ1) is 14.9. The number of thiocarbonyl (C=S) groups is 1. The molecule has 1 fully saturated rings. The molecule has 1 saturated heterocycles. The molecular weight excluding hydrogens is 406 g/mol. The number of H-pyrrole nitrogens is 1. The SMILES string of the molecule is CCC(=O)Nc1ccc(N2C(=S)N[C@@H](c3ccccn3)[C@@H]2c2cc(C)[nH]c2C)cc1C. The van der Waals surface area contributed by atoms with Crippen LogP contribution in [0, 0.1) is 20.8 Å². The van der Waals surface area contributed by atoms with Gasteiger partial charge in [-0.25, -0.2) is 0 Å². The zero-order chi connectivity index (χ0) is 22.1. The molecule has 2 aromatic heterocycles. The third kappa shape index (κ3) is 4.05. The molecule has 0 radical (unpaired) electrons. The quantitative estimate of drug-likeness (QED) is 0.501. The normalized spacial score (nSPS) is 18.2. The molecule has 0 aliphatic carbocycles. The lowest BCUT2D eigenvalue weighted by Crippen LogP contribution is -2.29. The van der Waals surface area contributed by atoms with E-state index in [1.54, 1.807) is 0 Å². The van der Waals surface area contributed by atoms with Crippen LogP contribution in [0.2, 0.25) is 0 Å². The van der Waals surface area contributed by atoms with E-state index >= 15 is 0 Å². The number of nitrogens with one attached hydrogen (secondary N) is 3. The molecule has 0 spiro atoms. The molecule has 3 aromatic rings. The number of carbonyl (C=O) groups excluding carboxylic acids is 1. The summed E-state index contributed by atoms with van der Waals surface area (Å²) in [4.78, 5) is 22.0. The third-order valence-electron chi connectivity index (χ3n) is 5.69. The van der Waals surface area contributed by atoms with E-state index < -0.39 is 0 Å². The highest BCUT2D eigenvalue weighted by atomic mass is 32.1. The van der Waals surface area contributed by atoms with Crippen molar-refractivity contribution in [2.24, 2.45) is 0 Å². The Kier molecular flexibility index (Phi) is 5.78. The Morgan fingerprint density at radius 1 is 1.19 bits per heavy atom. The molecule has 1 aliphatic rings. The van der Waals surface area contributed by atoms with Crippen molar-refractivity contribution in [3.05, 3.63) is 76.9 Å². The summed E-state index contributed by atoms with van der Waals surface area (Å²) < 4.78 is 0. The van der Waals surface area contributed by atoms with Gasteiger partial charge in [-0.2, -0.15) is 0 Å². The van der Waals surface area contributed by atoms with E-state index in [2.05, 4.69) is 51.5 Å². The average molecular weight is 434 g/mol. The van der Waals surface area contributed by atoms with Crippen molar-refractivity contribution in [2.75, 3.05) is 10.2 Å². The lowest BCUT2D eigenvalue weighted by atomic mass is 9.96. The molecular formula is C24H27N5OS. The van der Waals surface area contributed by atoms with Crippen LogP contribution in [0.25, 0.3) is 0 Å². The third-order valence-corrected chi connectivity index (χ3v) is 6.00. The van der Waals surface area contributed by atoms with Crippen LogP contribution in [0.15, 0.2) is 48.7 Å². The van der Waals surface area contributed by atoms with E-state index in [9.17, 15) is 4.79 Å². The van der Waals surface area contributed by atoms with Gasteiger partial charge in [-0.15, -0.1) is 0 Å². The fourth-order valence-corrected chi connectivity index (χ4v) is 4.52. The lowest BCUT2D eigenvalue weighted by Gasteiger charge is -2.28. The molecule has 2 atom stereocenters. The van der Waals surface area contributed by atoms with E-state index in [-0.39, 0.29) is 18.0 Å². The smallest absolute Gasteiger partial charge is 0.224 e. The van der Waals surface area contributed by atoms with Gasteiger partial charge >= 0.3 is 0 Å². The summed E-state index contributed by atoms with van der Waals surface area (Å²) in [6.45, 7) is 7.99. The number of pyridine rings is 1. The molecule has 7 heteroatoms. The van der Waals surface area contributed by atoms with E-state index in [0.717, 1.165) is 34.0 Å². The fraction of sp³-hybridized carbons (Fsp3) is 0.292. The average Bonchev–Trinajstić information content (AvgIpc) is 3.27. The Morgan fingerprint density at radius 3 is 2.61 bits per heavy atom. The van der Waals surface area contributed by atoms with Gasteiger partial charge < -0.3 is 20.5 Å². The number of rotatable bonds is 5. The number of benzene rings is 1. The number of amides is 1. The van der Waals surface area contributed by atoms with Crippen LogP contribution in [0.5, 0.6) is 0 Å². The lowest BCUT2D eigenvalue weighted by molar-refractivity contribution is -0.115. The van der Waals surface area contributed by atoms with E-state index in [1.165, 1.54) is 5.56 Å². The van der Waals surface area contributed by atoms with Crippen molar-refractivity contribution in [3.8, 4) is 0 Å². The standard InChI is InChI=1S/C24H27N5OS/c1-5-21(30)27-19-10-9-17(12-14(19)2)29-23(18-13-15(3)26-16(18)4)22(28-24(29)31)20-8-6-7-11-25-20/h6-13,22-23,26H,5H2,1-4H3,(H,27,30)(H,28,31)/t22-,23-/m0/s1. The molecule has 4 rings (SSSR count). The number of anilines is 2. The van der Waals surface area contributed by atoms with Crippen LogP contribution < -0.4 is 15.5 Å². The van der Waals surface area contributed by atoms with Gasteiger partial charge in [0.2, 0.25) is 5.91 Å². The van der Waals surface area contributed by atoms with Crippen LogP contribution >= 0.6 is 12.2 Å². The number of carbonyl (C=O) groups is 1. The molecule has 0 saturated carbocycles. The first-order valence-electron chi connectivity index (χ1n) is 10.5. The number of hydrogen-bond acceptors (Lipinski definition) is 3. The van der Waals surface area contributed by atoms with Gasteiger partial charge in [0.15, 0.2) is 5.11 Å². The summed E-state index contributed by atoms with van der Waals surface area (Å²) >= 11 is 5.80. The highest BCUT2D eigenvalue weighted by Gasteiger charge is 2.41. The highest BCUT2D eigenvalue weighted by Crippen LogP contribution is 2.43. The van der Waals surface area contributed by atoms with Crippen molar-refractivity contribution in [1.29, 1.82) is 0 Å². The second-order valence-corrected chi connectivity index (χ2v) is 8.32. The Bertz CT molecular complexity index is 1120. The number of hydrogen-bond donors (Lipinski definition) is 3. The monoisotopic (exact) mass is 433 g/mol. The number of aryl methyl sites for hydroxylation is 3. The number of aromatic nitrogens is 2. The molecule has 160 valence electrons. The van der Waals surface area contributed by atoms with Gasteiger partial charge in [-0.1, -0.05) is 13.0 Å². The summed E-state index contributed by atoms with van der Waals surface area (Å²) in [5, 5.41) is 7.10. The van der Waals surface area contributed by atoms with Crippen LogP contribution in [0.3, 0.4) is 0 Å². The maximum absolute atomic E-state index is 11.8. The molecule has 31 heavy (non-hydrogen) atoms. The van der Waals surface area contributed by atoms with Crippen molar-refractivity contribution in [2.45, 2.75) is 46.2 Å². The molecule has 6 nitrogen and oxygen atoms in total. The molecule has 3 N–H and O–H groups in total. The summed E-state index contributed by atoms with van der Waals surface area (Å²) in [5.74, 6) is 0.000672. The Hall–Kier alpha value is -3.19. The van der Waals surface area contributed by atoms with E-state index in [4.69, 9.17) is 12.2 Å². The number of aromatic amines is 1. The maximum Gasteiger partial charge on any atom is 0.224 e. The van der Waals surface area contributed by atoms with Crippen LogP contribution in [0.4, 0.5) is 11.4 Å². The van der Waals surface area contributed by atoms with Crippen molar-refractivity contribution in [3.63, 3.8) is 0 Å². The minimum atomic E-state index is -0.0811. The second-order valence-electron chi connectivity index (χ2n) is 7.93. The predicted octanol–water partition coefficient (Wildman–Crippen LogP) is 4.86. The van der Waals surface area contributed by atoms with Crippen molar-refractivity contribution in [1.82, 2.24) is 15.3 Å². The van der Waals surface area contributed by atoms with Crippen LogP contribution in [-0.2, 0) is 4.79 Å². The summed E-state index contributed by atoms with van der Waals surface area (Å²) in [5.41, 5.74) is 7.14. The Labute approximate surface area is 188 Å². The van der Waals surface area contributed by atoms with Gasteiger partial charge in [-0.3, -0.25) is 9.78 Å². The van der Waals surface area contributed by atoms with Crippen molar-refractivity contribution >= 4 is 34.6 Å². The van der Waals surface area contributed by atoms with Crippen LogP contribution in [0.1, 0.15) is 53.6 Å². The Morgan fingerprint density at radius 2 is 2.00 bits per heavy atom. The van der Waals surface area contributed by atoms with E-state index in [0.29, 0.717) is 11.5 Å². The summed E-state index contributed by atoms with van der Waals surface area (Å²) in [6.07, 6.45) is 2.26. The van der Waals surface area contributed by atoms with E-state index in [1.807, 2.05) is 50.4 Å². The Balaban J connectivity index is 1.78. The zero-order valence-corrected chi connectivity index (χ0v) is 19.0. The topological polar surface area (TPSA) is 73.1 Å². The van der Waals surface area contributed by atoms with Gasteiger partial charge in [0.05, 0.1) is 17.8 Å². The molecule has 0 unspecified atom stereocenters. The predicted molar refractivity (Wildman–Crippen MR) is 128 cm³/mol. The minimum Gasteiger partial charge on any atom is -0.362 e. The molecule has 0 bridgehead atoms. The van der Waals surface area contributed by atoms with Gasteiger partial charge in [0, 0.05) is 35.4 Å². The first-order valence-corrected chi connectivity index (χ1v) is 10.9. The second kappa shape index (κ2) is 8.51. The summed E-state index contributed by atoms with van der Waals surface area (Å²) in [7, 11) is 0. The largest absolute Gasteiger partial charge is 0.362 e. The van der Waals surface area contributed by atoms with Crippen molar-refractivity contribution < 1.29 is 4.79 Å². The minimum absolute atomic E-state index is 0.000672. The van der Waals surface area contributed by atoms with Gasteiger partial charge in [0.25, 0.3) is 0 Å². The molecule has 3 heterocycles. The number of nitrogens with zero attached hydrogens (tertiary/aromatic N) is 2. The summed E-state index contributed by atoms with van der Waals surface area (Å²) in [6, 6.07) is 14.0. The zero-order valence-electron chi connectivity index (χ0n) is 18.2. The van der Waals surface area contributed by atoms with Crippen LogP contribution in [-0.4, -0.2) is 21.0 Å². The van der Waals surface area contributed by atoms with Gasteiger partial charge in [0.1, 0.15) is 0 Å². The fourth-order valence-electron chi connectivity index (χ4n) is 4.18.